The molecule has 6 aromatic rings. The molecule has 1 N–H and O–H groups in total. The van der Waals surface area contributed by atoms with Gasteiger partial charge in [-0.2, -0.15) is 0 Å². The van der Waals surface area contributed by atoms with E-state index in [1.165, 1.54) is 22.3 Å². The van der Waals surface area contributed by atoms with Crippen LogP contribution in [0, 0.1) is 26.8 Å². The van der Waals surface area contributed by atoms with Gasteiger partial charge >= 0.3 is 0 Å². The van der Waals surface area contributed by atoms with E-state index in [2.05, 4.69) is 130 Å². The van der Waals surface area contributed by atoms with E-state index < -0.39 is 0 Å². The van der Waals surface area contributed by atoms with Crippen molar-refractivity contribution in [1.82, 2.24) is 14.5 Å². The number of aromatic hydroxyl groups is 1. The normalized spacial score (nSPS) is 12.3. The van der Waals surface area contributed by atoms with Crippen LogP contribution in [0.3, 0.4) is 0 Å². The fourth-order valence-electron chi connectivity index (χ4n) is 7.05. The van der Waals surface area contributed by atoms with Crippen molar-refractivity contribution < 1.29 is 26.2 Å². The number of imidazole rings is 1. The fourth-order valence-corrected chi connectivity index (χ4v) is 7.05. The number of rotatable bonds is 4. The summed E-state index contributed by atoms with van der Waals surface area (Å²) in [4.78, 5) is 10.3. The van der Waals surface area contributed by atoms with Crippen LogP contribution in [0.4, 0.5) is 0 Å². The van der Waals surface area contributed by atoms with Crippen LogP contribution in [0.1, 0.15) is 95.7 Å². The van der Waals surface area contributed by atoms with Crippen LogP contribution in [0.15, 0.2) is 79.0 Å². The maximum absolute atomic E-state index is 11.3. The molecule has 0 amide bonds. The molecule has 0 aliphatic rings. The van der Waals surface area contributed by atoms with Gasteiger partial charge in [0.1, 0.15) is 11.6 Å². The smallest absolute Gasteiger partial charge is 0.148 e. The Balaban J connectivity index is 0.00000486. The molecule has 0 unspecified atom stereocenters. The summed E-state index contributed by atoms with van der Waals surface area (Å²) in [5.41, 5.74) is 14.3. The topological polar surface area (TPSA) is 50.9 Å². The van der Waals surface area contributed by atoms with Crippen molar-refractivity contribution in [1.29, 1.82) is 0 Å². The Morgan fingerprint density at radius 3 is 1.82 bits per heavy atom. The molecule has 5 heteroatoms. The monoisotopic (exact) mass is 843 g/mol. The minimum atomic E-state index is -0.189. The average molecular weight is 844 g/mol. The molecule has 0 spiro atoms. The summed E-state index contributed by atoms with van der Waals surface area (Å²) in [6.45, 7) is 26.9. The second kappa shape index (κ2) is 13.3. The summed E-state index contributed by atoms with van der Waals surface area (Å²) < 4.78 is 2.27. The van der Waals surface area contributed by atoms with Gasteiger partial charge in [-0.15, -0.1) is 28.8 Å². The Labute approximate surface area is 313 Å². The molecule has 0 fully saturated rings. The molecule has 0 radical (unpaired) electrons. The molecule has 4 aromatic carbocycles. The van der Waals surface area contributed by atoms with Crippen LogP contribution in [-0.4, -0.2) is 19.6 Å². The van der Waals surface area contributed by atoms with Crippen molar-refractivity contribution in [3.63, 3.8) is 0 Å². The largest absolute Gasteiger partial charge is 0.507 e. The molecule has 0 atom stereocenters. The van der Waals surface area contributed by atoms with Crippen molar-refractivity contribution in [3.05, 3.63) is 118 Å². The zero-order valence-electron chi connectivity index (χ0n) is 31.6. The van der Waals surface area contributed by atoms with Crippen LogP contribution < -0.4 is 0 Å². The Morgan fingerprint density at radius 2 is 1.26 bits per heavy atom. The number of nitrogens with zero attached hydrogens (tertiary/aromatic N) is 3. The Kier molecular flexibility index (Phi) is 9.89. The standard InChI is InChI=1S/C45H50N3O.Pt/c1-27-21-28(2)41(29(3)22-27)48-38-24-30(43(4,5)6)23-33(40(38)47-42(48)31-17-13-14-19-39(31)49)32-25-34(37-18-15-16-20-46-37)36(45(10,11)12)26-35(32)44(7,8)9;/h13-24,26,49H,1-12H3;/q-1;. The number of hydrogen-bond acceptors (Lipinski definition) is 3. The number of pyridine rings is 1. The van der Waals surface area contributed by atoms with Gasteiger partial charge in [-0.25, -0.2) is 4.98 Å². The summed E-state index contributed by atoms with van der Waals surface area (Å²) in [5.74, 6) is 0.914. The number of fused-ring (bicyclic) bond motifs is 1. The van der Waals surface area contributed by atoms with Crippen molar-refractivity contribution in [3.8, 4) is 45.2 Å². The van der Waals surface area contributed by atoms with Crippen molar-refractivity contribution in [2.75, 3.05) is 0 Å². The Hall–Kier alpha value is -4.01. The van der Waals surface area contributed by atoms with E-state index in [-0.39, 0.29) is 43.1 Å². The van der Waals surface area contributed by atoms with Gasteiger partial charge in [-0.3, -0.25) is 9.55 Å². The van der Waals surface area contributed by atoms with E-state index in [4.69, 9.17) is 9.97 Å². The van der Waals surface area contributed by atoms with E-state index in [1.54, 1.807) is 6.07 Å². The van der Waals surface area contributed by atoms with Crippen molar-refractivity contribution in [2.24, 2.45) is 0 Å². The number of aromatic nitrogens is 3. The molecule has 262 valence electrons. The summed E-state index contributed by atoms with van der Waals surface area (Å²) >= 11 is 0. The van der Waals surface area contributed by atoms with Crippen LogP contribution in [-0.2, 0) is 37.3 Å². The van der Waals surface area contributed by atoms with Crippen LogP contribution in [0.5, 0.6) is 5.75 Å². The van der Waals surface area contributed by atoms with Gasteiger partial charge in [0.2, 0.25) is 0 Å². The summed E-state index contributed by atoms with van der Waals surface area (Å²) in [7, 11) is 0. The molecule has 0 aliphatic heterocycles. The first kappa shape index (κ1) is 37.2. The predicted molar refractivity (Wildman–Crippen MR) is 206 cm³/mol. The van der Waals surface area contributed by atoms with Crippen molar-refractivity contribution >= 4 is 11.0 Å². The van der Waals surface area contributed by atoms with Gasteiger partial charge in [-0.1, -0.05) is 121 Å². The van der Waals surface area contributed by atoms with Crippen LogP contribution >= 0.6 is 0 Å². The van der Waals surface area contributed by atoms with Crippen molar-refractivity contribution in [2.45, 2.75) is 99.3 Å². The number of phenols is 1. The van der Waals surface area contributed by atoms with Gasteiger partial charge in [-0.05, 0) is 78.0 Å². The second-order valence-corrected chi connectivity index (χ2v) is 16.7. The van der Waals surface area contributed by atoms with E-state index in [0.29, 0.717) is 11.4 Å². The van der Waals surface area contributed by atoms with Crippen LogP contribution in [0.2, 0.25) is 0 Å². The minimum absolute atomic E-state index is 0. The first-order valence-electron chi connectivity index (χ1n) is 17.3. The zero-order valence-corrected chi connectivity index (χ0v) is 33.9. The molecule has 6 rings (SSSR count). The third-order valence-electron chi connectivity index (χ3n) is 9.51. The number of hydrogen-bond donors (Lipinski definition) is 1. The first-order valence-corrected chi connectivity index (χ1v) is 17.3. The predicted octanol–water partition coefficient (Wildman–Crippen LogP) is 11.7. The fraction of sp³-hybridized carbons (Fsp3) is 0.333. The van der Waals surface area contributed by atoms with Crippen LogP contribution in [0.25, 0.3) is 50.5 Å². The molecule has 2 aromatic heterocycles. The second-order valence-electron chi connectivity index (χ2n) is 16.7. The molecule has 0 saturated carbocycles. The molecular formula is C45H50N3OPt-. The number of phenolic OH excluding ortho intramolecular Hbond substituents is 1. The summed E-state index contributed by atoms with van der Waals surface area (Å²) in [6.07, 6.45) is 1.86. The SMILES string of the molecule is Cc1cc(C)c(-n2c(-c3ccccc3O)nc3c(-c4[c-]c(-c5ccccn5)c(C(C)(C)C)cc4C(C)(C)C)cc(C(C)(C)C)cc32)c(C)c1.[Pt]. The van der Waals surface area contributed by atoms with Gasteiger partial charge < -0.3 is 5.11 Å². The molecule has 0 aliphatic carbocycles. The van der Waals surface area contributed by atoms with Gasteiger partial charge in [0.25, 0.3) is 0 Å². The number of benzene rings is 4. The Morgan fingerprint density at radius 1 is 0.660 bits per heavy atom. The molecule has 0 saturated heterocycles. The molecular weight excluding hydrogens is 794 g/mol. The first-order chi connectivity index (χ1) is 22.9. The maximum Gasteiger partial charge on any atom is 0.148 e. The van der Waals surface area contributed by atoms with E-state index >= 15 is 0 Å². The number of aryl methyl sites for hydroxylation is 3. The average Bonchev–Trinajstić information content (AvgIpc) is 3.37. The summed E-state index contributed by atoms with van der Waals surface area (Å²) in [6, 6.07) is 29.1. The maximum atomic E-state index is 11.3. The molecule has 2 heterocycles. The van der Waals surface area contributed by atoms with E-state index in [0.717, 1.165) is 50.2 Å². The third kappa shape index (κ3) is 6.84. The van der Waals surface area contributed by atoms with Gasteiger partial charge in [0.05, 0.1) is 22.3 Å². The molecule has 4 nitrogen and oxygen atoms in total. The number of para-hydroxylation sites is 1. The van der Waals surface area contributed by atoms with E-state index in [9.17, 15) is 5.11 Å². The Bertz CT molecular complexity index is 2180. The summed E-state index contributed by atoms with van der Waals surface area (Å²) in [5, 5.41) is 11.3. The minimum Gasteiger partial charge on any atom is -0.507 e. The van der Waals surface area contributed by atoms with Gasteiger partial charge in [0.15, 0.2) is 0 Å². The molecule has 50 heavy (non-hydrogen) atoms. The van der Waals surface area contributed by atoms with E-state index in [1.807, 2.05) is 36.5 Å². The third-order valence-corrected chi connectivity index (χ3v) is 9.51. The van der Waals surface area contributed by atoms with Gasteiger partial charge in [0, 0.05) is 33.0 Å². The molecule has 0 bridgehead atoms. The zero-order chi connectivity index (χ0) is 35.6. The quantitative estimate of drug-likeness (QED) is 0.180.